The number of nitrogens with zero attached hydrogens (tertiary/aromatic N) is 1. The molecule has 1 aromatic rings. The Bertz CT molecular complexity index is 486. The van der Waals surface area contributed by atoms with Crippen LogP contribution in [-0.4, -0.2) is 42.8 Å². The molecule has 0 aromatic heterocycles. The molecule has 5 heteroatoms. The molecule has 1 N–H and O–H groups in total. The SMILES string of the molecule is C[C@H](CN(C)CCc1ccccc1Cl)NC(=O)OC(C)(C)C. The lowest BCUT2D eigenvalue weighted by Crippen LogP contribution is -2.43. The second-order valence-corrected chi connectivity index (χ2v) is 7.06. The van der Waals surface area contributed by atoms with Crippen molar-refractivity contribution < 1.29 is 9.53 Å². The minimum atomic E-state index is -0.472. The molecule has 0 saturated carbocycles. The molecule has 124 valence electrons. The molecule has 1 rings (SSSR count). The largest absolute Gasteiger partial charge is 0.444 e. The number of benzene rings is 1. The Hall–Kier alpha value is -1.26. The average Bonchev–Trinajstić information content (AvgIpc) is 2.35. The number of ether oxygens (including phenoxy) is 1. The van der Waals surface area contributed by atoms with Crippen LogP contribution in [0.1, 0.15) is 33.3 Å². The highest BCUT2D eigenvalue weighted by molar-refractivity contribution is 6.31. The third kappa shape index (κ3) is 7.66. The number of rotatable bonds is 6. The van der Waals surface area contributed by atoms with Gasteiger partial charge in [-0.05, 0) is 52.8 Å². The predicted octanol–water partition coefficient (Wildman–Crippen LogP) is 3.73. The summed E-state index contributed by atoms with van der Waals surface area (Å²) in [6, 6.07) is 7.89. The zero-order valence-electron chi connectivity index (χ0n) is 14.1. The summed E-state index contributed by atoms with van der Waals surface area (Å²) in [5.74, 6) is 0. The Labute approximate surface area is 138 Å². The molecule has 0 aliphatic rings. The van der Waals surface area contributed by atoms with E-state index in [0.717, 1.165) is 30.1 Å². The number of alkyl carbamates (subject to hydrolysis) is 1. The molecule has 1 atom stereocenters. The maximum absolute atomic E-state index is 11.7. The summed E-state index contributed by atoms with van der Waals surface area (Å²) in [7, 11) is 2.03. The van der Waals surface area contributed by atoms with Crippen molar-refractivity contribution in [2.75, 3.05) is 20.1 Å². The van der Waals surface area contributed by atoms with Gasteiger partial charge >= 0.3 is 6.09 Å². The van der Waals surface area contributed by atoms with Crippen LogP contribution in [0.3, 0.4) is 0 Å². The van der Waals surface area contributed by atoms with Gasteiger partial charge in [0.15, 0.2) is 0 Å². The number of hydrogen-bond acceptors (Lipinski definition) is 3. The van der Waals surface area contributed by atoms with Crippen molar-refractivity contribution in [1.29, 1.82) is 0 Å². The third-order valence-corrected chi connectivity index (χ3v) is 3.44. The van der Waals surface area contributed by atoms with Crippen LogP contribution in [-0.2, 0) is 11.2 Å². The first-order valence-corrected chi connectivity index (χ1v) is 7.96. The fourth-order valence-corrected chi connectivity index (χ4v) is 2.36. The highest BCUT2D eigenvalue weighted by atomic mass is 35.5. The van der Waals surface area contributed by atoms with Crippen molar-refractivity contribution in [3.8, 4) is 0 Å². The summed E-state index contributed by atoms with van der Waals surface area (Å²) in [6.07, 6.45) is 0.509. The van der Waals surface area contributed by atoms with Crippen LogP contribution in [0.25, 0.3) is 0 Å². The fraction of sp³-hybridized carbons (Fsp3) is 0.588. The lowest BCUT2D eigenvalue weighted by molar-refractivity contribution is 0.0500. The van der Waals surface area contributed by atoms with Gasteiger partial charge in [0.05, 0.1) is 0 Å². The maximum Gasteiger partial charge on any atom is 0.407 e. The van der Waals surface area contributed by atoms with E-state index in [1.54, 1.807) is 0 Å². The van der Waals surface area contributed by atoms with Gasteiger partial charge < -0.3 is 15.0 Å². The van der Waals surface area contributed by atoms with Gasteiger partial charge in [0.2, 0.25) is 0 Å². The molecule has 22 heavy (non-hydrogen) atoms. The first-order valence-electron chi connectivity index (χ1n) is 7.59. The van der Waals surface area contributed by atoms with E-state index in [1.807, 2.05) is 59.0 Å². The maximum atomic E-state index is 11.7. The molecule has 0 aliphatic heterocycles. The van der Waals surface area contributed by atoms with Crippen LogP contribution in [0, 0.1) is 0 Å². The van der Waals surface area contributed by atoms with E-state index in [1.165, 1.54) is 0 Å². The number of carbonyl (C=O) groups is 1. The van der Waals surface area contributed by atoms with Gasteiger partial charge in [-0.25, -0.2) is 4.79 Å². The molecule has 0 aliphatic carbocycles. The lowest BCUT2D eigenvalue weighted by Gasteiger charge is -2.25. The first kappa shape index (κ1) is 18.8. The van der Waals surface area contributed by atoms with Gasteiger partial charge in [-0.2, -0.15) is 0 Å². The van der Waals surface area contributed by atoms with Gasteiger partial charge in [0.25, 0.3) is 0 Å². The molecule has 0 spiro atoms. The second kappa shape index (κ2) is 8.39. The third-order valence-electron chi connectivity index (χ3n) is 3.07. The summed E-state index contributed by atoms with van der Waals surface area (Å²) in [6.45, 7) is 9.16. The van der Waals surface area contributed by atoms with Crippen LogP contribution < -0.4 is 5.32 Å². The number of nitrogens with one attached hydrogen (secondary N) is 1. The number of amides is 1. The van der Waals surface area contributed by atoms with Gasteiger partial charge in [-0.1, -0.05) is 29.8 Å². The van der Waals surface area contributed by atoms with E-state index < -0.39 is 5.60 Å². The predicted molar refractivity (Wildman–Crippen MR) is 91.5 cm³/mol. The van der Waals surface area contributed by atoms with E-state index >= 15 is 0 Å². The van der Waals surface area contributed by atoms with Crippen molar-refractivity contribution in [2.45, 2.75) is 45.8 Å². The monoisotopic (exact) mass is 326 g/mol. The van der Waals surface area contributed by atoms with Crippen molar-refractivity contribution >= 4 is 17.7 Å². The van der Waals surface area contributed by atoms with Crippen molar-refractivity contribution in [1.82, 2.24) is 10.2 Å². The number of likely N-dealkylation sites (N-methyl/N-ethyl adjacent to an activating group) is 1. The Morgan fingerprint density at radius 3 is 2.59 bits per heavy atom. The summed E-state index contributed by atoms with van der Waals surface area (Å²) < 4.78 is 5.25. The molecular formula is C17H27ClN2O2. The standard InChI is InChI=1S/C17H27ClN2O2/c1-13(19-16(21)22-17(2,3)4)12-20(5)11-10-14-8-6-7-9-15(14)18/h6-9,13H,10-12H2,1-5H3,(H,19,21)/t13-/m1/s1. The Morgan fingerprint density at radius 1 is 1.36 bits per heavy atom. The molecule has 0 bridgehead atoms. The molecule has 0 fully saturated rings. The van der Waals surface area contributed by atoms with Gasteiger partial charge in [-0.3, -0.25) is 0 Å². The molecule has 0 saturated heterocycles. The van der Waals surface area contributed by atoms with E-state index in [0.29, 0.717) is 0 Å². The van der Waals surface area contributed by atoms with E-state index in [-0.39, 0.29) is 12.1 Å². The van der Waals surface area contributed by atoms with Gasteiger partial charge in [0, 0.05) is 24.2 Å². The zero-order chi connectivity index (χ0) is 16.8. The van der Waals surface area contributed by atoms with Crippen LogP contribution in [0.5, 0.6) is 0 Å². The van der Waals surface area contributed by atoms with Crippen LogP contribution in [0.2, 0.25) is 5.02 Å². The smallest absolute Gasteiger partial charge is 0.407 e. The van der Waals surface area contributed by atoms with Crippen molar-refractivity contribution in [3.05, 3.63) is 34.9 Å². The highest BCUT2D eigenvalue weighted by Gasteiger charge is 2.18. The summed E-state index contributed by atoms with van der Waals surface area (Å²) in [5, 5.41) is 3.65. The Kier molecular flexibility index (Phi) is 7.17. The van der Waals surface area contributed by atoms with E-state index in [9.17, 15) is 4.79 Å². The average molecular weight is 327 g/mol. The number of hydrogen-bond donors (Lipinski definition) is 1. The molecule has 4 nitrogen and oxygen atoms in total. The van der Waals surface area contributed by atoms with E-state index in [4.69, 9.17) is 16.3 Å². The molecule has 0 unspecified atom stereocenters. The zero-order valence-corrected chi connectivity index (χ0v) is 14.9. The Balaban J connectivity index is 2.34. The fourth-order valence-electron chi connectivity index (χ4n) is 2.13. The summed E-state index contributed by atoms with van der Waals surface area (Å²) >= 11 is 6.15. The normalized spacial score (nSPS) is 13.0. The van der Waals surface area contributed by atoms with Crippen molar-refractivity contribution in [2.24, 2.45) is 0 Å². The lowest BCUT2D eigenvalue weighted by atomic mass is 10.1. The van der Waals surface area contributed by atoms with Gasteiger partial charge in [0.1, 0.15) is 5.60 Å². The quantitative estimate of drug-likeness (QED) is 0.866. The topological polar surface area (TPSA) is 41.6 Å². The Morgan fingerprint density at radius 2 is 2.00 bits per heavy atom. The van der Waals surface area contributed by atoms with Gasteiger partial charge in [-0.15, -0.1) is 0 Å². The molecular weight excluding hydrogens is 300 g/mol. The van der Waals surface area contributed by atoms with Crippen LogP contribution >= 0.6 is 11.6 Å². The molecule has 1 aromatic carbocycles. The molecule has 1 amide bonds. The number of carbonyl (C=O) groups excluding carboxylic acids is 1. The minimum Gasteiger partial charge on any atom is -0.444 e. The minimum absolute atomic E-state index is 0.0195. The van der Waals surface area contributed by atoms with Crippen LogP contribution in [0.15, 0.2) is 24.3 Å². The molecule has 0 radical (unpaired) electrons. The highest BCUT2D eigenvalue weighted by Crippen LogP contribution is 2.15. The second-order valence-electron chi connectivity index (χ2n) is 6.65. The van der Waals surface area contributed by atoms with Crippen LogP contribution in [0.4, 0.5) is 4.79 Å². The first-order chi connectivity index (χ1) is 10.2. The summed E-state index contributed by atoms with van der Waals surface area (Å²) in [5.41, 5.74) is 0.670. The number of halogens is 1. The summed E-state index contributed by atoms with van der Waals surface area (Å²) in [4.78, 5) is 13.9. The van der Waals surface area contributed by atoms with E-state index in [2.05, 4.69) is 10.2 Å². The van der Waals surface area contributed by atoms with Crippen molar-refractivity contribution in [3.63, 3.8) is 0 Å². The molecule has 0 heterocycles.